The molecule has 1 amide bonds. The lowest BCUT2D eigenvalue weighted by atomic mass is 9.88. The van der Waals surface area contributed by atoms with Gasteiger partial charge in [0.25, 0.3) is 5.91 Å². The Morgan fingerprint density at radius 3 is 2.09 bits per heavy atom. The number of nitrogens with one attached hydrogen (secondary N) is 3. The molecule has 0 saturated heterocycles. The molecule has 1 aliphatic rings. The molecule has 35 heavy (non-hydrogen) atoms. The molecule has 8 nitrogen and oxygen atoms in total. The Morgan fingerprint density at radius 1 is 1.06 bits per heavy atom. The van der Waals surface area contributed by atoms with Gasteiger partial charge in [0.2, 0.25) is 0 Å². The molecule has 0 atom stereocenters. The molecule has 2 rings (SSSR count). The molecule has 0 bridgehead atoms. The summed E-state index contributed by atoms with van der Waals surface area (Å²) in [6.07, 6.45) is -2.11. The number of alkyl halides is 3. The number of rotatable bonds is 7. The second-order valence-electron chi connectivity index (χ2n) is 9.13. The van der Waals surface area contributed by atoms with Gasteiger partial charge in [-0.1, -0.05) is 27.7 Å². The van der Waals surface area contributed by atoms with Crippen LogP contribution in [0.15, 0.2) is 12.1 Å². The molecule has 0 radical (unpaired) electrons. The number of halogens is 3. The fourth-order valence-corrected chi connectivity index (χ4v) is 4.65. The van der Waals surface area contributed by atoms with Gasteiger partial charge >= 0.3 is 6.18 Å². The average Bonchev–Trinajstić information content (AvgIpc) is 2.78. The first-order chi connectivity index (χ1) is 16.3. The van der Waals surface area contributed by atoms with Crippen molar-refractivity contribution < 1.29 is 28.2 Å². The van der Waals surface area contributed by atoms with Crippen LogP contribution in [0.3, 0.4) is 0 Å². The van der Waals surface area contributed by atoms with Gasteiger partial charge in [0.1, 0.15) is 23.9 Å². The van der Waals surface area contributed by atoms with E-state index in [1.165, 1.54) is 6.07 Å². The van der Waals surface area contributed by atoms with Crippen molar-refractivity contribution in [2.75, 3.05) is 19.6 Å². The fourth-order valence-electron chi connectivity index (χ4n) is 4.65. The van der Waals surface area contributed by atoms with Gasteiger partial charge in [0, 0.05) is 18.2 Å². The monoisotopic (exact) mass is 499 g/mol. The van der Waals surface area contributed by atoms with Crippen molar-refractivity contribution in [2.45, 2.75) is 77.6 Å². The summed E-state index contributed by atoms with van der Waals surface area (Å²) < 4.78 is 38.0. The first-order valence-corrected chi connectivity index (χ1v) is 11.9. The van der Waals surface area contributed by atoms with E-state index >= 15 is 0 Å². The van der Waals surface area contributed by atoms with E-state index in [0.717, 1.165) is 36.9 Å². The molecule has 0 aromatic heterocycles. The third-order valence-electron chi connectivity index (χ3n) is 6.53. The molecule has 0 aliphatic heterocycles. The van der Waals surface area contributed by atoms with Crippen LogP contribution in [0.2, 0.25) is 0 Å². The van der Waals surface area contributed by atoms with Gasteiger partial charge in [-0.05, 0) is 56.3 Å². The van der Waals surface area contributed by atoms with E-state index in [-0.39, 0.29) is 23.1 Å². The predicted octanol–water partition coefficient (Wildman–Crippen LogP) is 4.16. The number of benzene rings is 1. The van der Waals surface area contributed by atoms with E-state index in [4.69, 9.17) is 10.8 Å². The largest absolute Gasteiger partial charge is 0.508 e. The van der Waals surface area contributed by atoms with Crippen LogP contribution in [0.4, 0.5) is 13.2 Å². The Hall–Kier alpha value is -2.82. The van der Waals surface area contributed by atoms with E-state index in [2.05, 4.69) is 18.7 Å². The molecule has 0 spiro atoms. The van der Waals surface area contributed by atoms with E-state index in [1.807, 2.05) is 13.8 Å². The van der Waals surface area contributed by atoms with E-state index in [1.54, 1.807) is 5.32 Å². The Morgan fingerprint density at radius 2 is 1.60 bits per heavy atom. The van der Waals surface area contributed by atoms with Crippen LogP contribution < -0.4 is 5.32 Å². The summed E-state index contributed by atoms with van der Waals surface area (Å²) in [7, 11) is 0. The molecule has 1 fully saturated rings. The van der Waals surface area contributed by atoms with Crippen molar-refractivity contribution in [2.24, 2.45) is 0 Å². The maximum atomic E-state index is 12.7. The van der Waals surface area contributed by atoms with Crippen molar-refractivity contribution >= 4 is 17.6 Å². The Balaban J connectivity index is 2.39. The molecule has 1 aromatic carbocycles. The number of hydrogen-bond donors (Lipinski definition) is 5. The van der Waals surface area contributed by atoms with E-state index < -0.39 is 36.3 Å². The fraction of sp³-hybridized carbons (Fsp3) is 0.625. The number of carbonyl (C=O) groups is 1. The summed E-state index contributed by atoms with van der Waals surface area (Å²) in [5.74, 6) is -3.12. The van der Waals surface area contributed by atoms with Gasteiger partial charge in [-0.3, -0.25) is 15.6 Å². The van der Waals surface area contributed by atoms with Crippen LogP contribution in [-0.4, -0.2) is 75.5 Å². The zero-order chi connectivity index (χ0) is 26.5. The second-order valence-corrected chi connectivity index (χ2v) is 9.13. The summed E-state index contributed by atoms with van der Waals surface area (Å²) in [6.45, 7) is 7.93. The lowest BCUT2D eigenvalue weighted by Crippen LogP contribution is -2.53. The van der Waals surface area contributed by atoms with E-state index in [9.17, 15) is 28.2 Å². The summed E-state index contributed by atoms with van der Waals surface area (Å²) in [6, 6.07) is 2.35. The first kappa shape index (κ1) is 28.4. The number of hydrogen-bond acceptors (Lipinski definition) is 6. The highest BCUT2D eigenvalue weighted by Gasteiger charge is 2.36. The van der Waals surface area contributed by atoms with Crippen LogP contribution >= 0.6 is 0 Å². The minimum absolute atomic E-state index is 0.00858. The molecular formula is C24H36F3N5O3. The summed E-state index contributed by atoms with van der Waals surface area (Å²) in [5, 5.41) is 39.5. The Kier molecular flexibility index (Phi) is 9.53. The van der Waals surface area contributed by atoms with Gasteiger partial charge in [-0.2, -0.15) is 13.2 Å². The zero-order valence-corrected chi connectivity index (χ0v) is 20.7. The zero-order valence-electron chi connectivity index (χ0n) is 20.7. The number of amidine groups is 2. The molecular weight excluding hydrogens is 463 g/mol. The molecule has 196 valence electrons. The normalized spacial score (nSPS) is 18.5. The van der Waals surface area contributed by atoms with Crippen LogP contribution in [0.1, 0.15) is 70.4 Å². The smallest absolute Gasteiger partial charge is 0.405 e. The predicted molar refractivity (Wildman–Crippen MR) is 128 cm³/mol. The van der Waals surface area contributed by atoms with Gasteiger partial charge < -0.3 is 25.3 Å². The van der Waals surface area contributed by atoms with Gasteiger partial charge in [-0.15, -0.1) is 0 Å². The van der Waals surface area contributed by atoms with Crippen molar-refractivity contribution in [3.8, 4) is 11.5 Å². The Labute approximate surface area is 204 Å². The molecule has 0 heterocycles. The van der Waals surface area contributed by atoms with Gasteiger partial charge in [-0.25, -0.2) is 0 Å². The van der Waals surface area contributed by atoms with Crippen molar-refractivity contribution in [1.29, 1.82) is 10.8 Å². The SMILES string of the molecule is CCN(CC)C1CCC(N(C(=N)C(=O)NCC(F)(F)F)C(=N)c2cc(C(C)C)c(O)cc2O)CC1. The third kappa shape index (κ3) is 7.09. The topological polar surface area (TPSA) is 124 Å². The van der Waals surface area contributed by atoms with Crippen molar-refractivity contribution in [3.63, 3.8) is 0 Å². The highest BCUT2D eigenvalue weighted by Crippen LogP contribution is 2.34. The minimum Gasteiger partial charge on any atom is -0.508 e. The number of phenolic OH excluding ortho intramolecular Hbond substituents is 2. The summed E-state index contributed by atoms with van der Waals surface area (Å²) >= 11 is 0. The molecule has 1 saturated carbocycles. The lowest BCUT2D eigenvalue weighted by Gasteiger charge is -2.41. The van der Waals surface area contributed by atoms with Gasteiger partial charge in [0.15, 0.2) is 5.84 Å². The molecule has 1 aliphatic carbocycles. The molecule has 5 N–H and O–H groups in total. The highest BCUT2D eigenvalue weighted by molar-refractivity contribution is 6.40. The molecule has 11 heteroatoms. The molecule has 0 unspecified atom stereocenters. The van der Waals surface area contributed by atoms with Crippen LogP contribution in [0.25, 0.3) is 0 Å². The van der Waals surface area contributed by atoms with E-state index in [0.29, 0.717) is 24.4 Å². The first-order valence-electron chi connectivity index (χ1n) is 11.9. The van der Waals surface area contributed by atoms with Crippen LogP contribution in [0, 0.1) is 10.8 Å². The van der Waals surface area contributed by atoms with Crippen LogP contribution in [0.5, 0.6) is 11.5 Å². The van der Waals surface area contributed by atoms with Crippen molar-refractivity contribution in [1.82, 2.24) is 15.1 Å². The summed E-state index contributed by atoms with van der Waals surface area (Å²) in [5.41, 5.74) is 0.450. The van der Waals surface area contributed by atoms with Crippen LogP contribution in [-0.2, 0) is 4.79 Å². The maximum Gasteiger partial charge on any atom is 0.405 e. The highest BCUT2D eigenvalue weighted by atomic mass is 19.4. The third-order valence-corrected chi connectivity index (χ3v) is 6.53. The van der Waals surface area contributed by atoms with Crippen molar-refractivity contribution in [3.05, 3.63) is 23.3 Å². The number of nitrogens with zero attached hydrogens (tertiary/aromatic N) is 2. The molecule has 1 aromatic rings. The number of amides is 1. The lowest BCUT2D eigenvalue weighted by molar-refractivity contribution is -0.135. The standard InChI is InChI=1S/C24H36F3N5O3/c1-5-31(6-2)15-7-9-16(10-8-15)32(22(29)23(35)30-13-24(25,26)27)21(28)18-11-17(14(3)4)19(33)12-20(18)34/h11-12,14-16,28-29,33-34H,5-10,13H2,1-4H3,(H,30,35). The second kappa shape index (κ2) is 11.7. The minimum atomic E-state index is -4.64. The maximum absolute atomic E-state index is 12.7. The van der Waals surface area contributed by atoms with Gasteiger partial charge in [0.05, 0.1) is 5.56 Å². The summed E-state index contributed by atoms with van der Waals surface area (Å²) in [4.78, 5) is 15.9. The number of phenols is 2. The number of carbonyl (C=O) groups excluding carboxylic acids is 1. The quantitative estimate of drug-likeness (QED) is 0.285. The average molecular weight is 500 g/mol. The number of aromatic hydroxyl groups is 2. The Bertz CT molecular complexity index is 924.